The van der Waals surface area contributed by atoms with E-state index >= 15 is 0 Å². The van der Waals surface area contributed by atoms with Crippen LogP contribution in [0.4, 0.5) is 0 Å². The Morgan fingerprint density at radius 3 is 2.53 bits per heavy atom. The van der Waals surface area contributed by atoms with Gasteiger partial charge in [0, 0.05) is 17.6 Å². The van der Waals surface area contributed by atoms with Crippen LogP contribution < -0.4 is 5.32 Å². The quantitative estimate of drug-likeness (QED) is 0.798. The van der Waals surface area contributed by atoms with Gasteiger partial charge in [-0.1, -0.05) is 23.7 Å². The van der Waals surface area contributed by atoms with Crippen molar-refractivity contribution in [2.45, 2.75) is 30.7 Å². The minimum atomic E-state index is -3.31. The third-order valence-electron chi connectivity index (χ3n) is 2.97. The Labute approximate surface area is 118 Å². The van der Waals surface area contributed by atoms with Gasteiger partial charge >= 0.3 is 0 Å². The van der Waals surface area contributed by atoms with E-state index in [0.29, 0.717) is 23.2 Å². The number of sulfone groups is 1. The predicted octanol–water partition coefficient (Wildman–Crippen LogP) is 1.37. The molecule has 1 fully saturated rings. The van der Waals surface area contributed by atoms with Gasteiger partial charge in [0.1, 0.15) is 0 Å². The fourth-order valence-electron chi connectivity index (χ4n) is 1.84. The van der Waals surface area contributed by atoms with E-state index in [4.69, 9.17) is 11.6 Å². The van der Waals surface area contributed by atoms with Crippen LogP contribution in [0, 0.1) is 0 Å². The number of aliphatic hydroxyl groups excluding tert-OH is 1. The Hall–Kier alpha value is -0.620. The molecule has 1 aromatic rings. The second-order valence-corrected chi connectivity index (χ2v) is 7.56. The molecule has 0 bridgehead atoms. The van der Waals surface area contributed by atoms with Crippen molar-refractivity contribution in [3.63, 3.8) is 0 Å². The maximum atomic E-state index is 11.9. The molecule has 0 spiro atoms. The summed E-state index contributed by atoms with van der Waals surface area (Å²) in [5.74, 6) is -0.278. The lowest BCUT2D eigenvalue weighted by molar-refractivity contribution is 0.193. The molecule has 106 valence electrons. The van der Waals surface area contributed by atoms with Crippen LogP contribution in [0.1, 0.15) is 18.4 Å². The molecule has 2 rings (SSSR count). The number of hydrogen-bond donors (Lipinski definition) is 2. The summed E-state index contributed by atoms with van der Waals surface area (Å²) >= 11 is 5.75. The number of aliphatic hydroxyl groups is 1. The van der Waals surface area contributed by atoms with Gasteiger partial charge < -0.3 is 10.4 Å². The molecule has 2 N–H and O–H groups in total. The van der Waals surface area contributed by atoms with Crippen molar-refractivity contribution in [2.24, 2.45) is 0 Å². The number of hydrogen-bond acceptors (Lipinski definition) is 4. The molecule has 0 amide bonds. The van der Waals surface area contributed by atoms with E-state index < -0.39 is 15.9 Å². The highest BCUT2D eigenvalue weighted by atomic mass is 35.5. The third-order valence-corrected chi connectivity index (χ3v) is 4.88. The van der Waals surface area contributed by atoms with Crippen molar-refractivity contribution < 1.29 is 13.5 Å². The summed E-state index contributed by atoms with van der Waals surface area (Å²) in [7, 11) is -3.31. The lowest BCUT2D eigenvalue weighted by atomic mass is 10.2. The average Bonchev–Trinajstić information content (AvgIpc) is 3.12. The lowest BCUT2D eigenvalue weighted by Gasteiger charge is -2.12. The van der Waals surface area contributed by atoms with Crippen molar-refractivity contribution in [1.29, 1.82) is 0 Å². The number of halogens is 1. The fourth-order valence-corrected chi connectivity index (χ4v) is 3.48. The van der Waals surface area contributed by atoms with Gasteiger partial charge in [0.15, 0.2) is 9.84 Å². The normalized spacial score (nSPS) is 17.4. The molecule has 1 unspecified atom stereocenters. The van der Waals surface area contributed by atoms with E-state index in [-0.39, 0.29) is 11.5 Å². The molecule has 0 radical (unpaired) electrons. The van der Waals surface area contributed by atoms with Gasteiger partial charge in [-0.15, -0.1) is 0 Å². The maximum absolute atomic E-state index is 11.9. The maximum Gasteiger partial charge on any atom is 0.157 e. The summed E-state index contributed by atoms with van der Waals surface area (Å²) in [5, 5.41) is 13.4. The molecule has 1 atom stereocenters. The van der Waals surface area contributed by atoms with E-state index in [1.807, 2.05) is 0 Å². The van der Waals surface area contributed by atoms with Crippen LogP contribution in [0.5, 0.6) is 0 Å². The summed E-state index contributed by atoms with van der Waals surface area (Å²) in [6, 6.07) is 7.17. The minimum absolute atomic E-state index is 0.0648. The van der Waals surface area contributed by atoms with Gasteiger partial charge in [-0.2, -0.15) is 0 Å². The molecular weight excluding hydrogens is 286 g/mol. The highest BCUT2D eigenvalue weighted by Crippen LogP contribution is 2.18. The van der Waals surface area contributed by atoms with Gasteiger partial charge in [0.2, 0.25) is 0 Å². The Morgan fingerprint density at radius 2 is 1.95 bits per heavy atom. The zero-order valence-electron chi connectivity index (χ0n) is 10.5. The molecule has 1 saturated carbocycles. The largest absolute Gasteiger partial charge is 0.391 e. The minimum Gasteiger partial charge on any atom is -0.391 e. The van der Waals surface area contributed by atoms with E-state index in [1.54, 1.807) is 24.3 Å². The van der Waals surface area contributed by atoms with Crippen LogP contribution in [0.3, 0.4) is 0 Å². The van der Waals surface area contributed by atoms with Crippen molar-refractivity contribution in [1.82, 2.24) is 5.32 Å². The first-order chi connectivity index (χ1) is 8.94. The van der Waals surface area contributed by atoms with Crippen molar-refractivity contribution in [3.8, 4) is 0 Å². The van der Waals surface area contributed by atoms with Crippen molar-refractivity contribution in [2.75, 3.05) is 12.3 Å². The molecule has 0 saturated heterocycles. The molecule has 19 heavy (non-hydrogen) atoms. The Kier molecular flexibility index (Phi) is 4.84. The number of rotatable bonds is 7. The molecule has 0 heterocycles. The van der Waals surface area contributed by atoms with Crippen molar-refractivity contribution in [3.05, 3.63) is 34.9 Å². The lowest BCUT2D eigenvalue weighted by Crippen LogP contribution is -2.33. The van der Waals surface area contributed by atoms with E-state index in [0.717, 1.165) is 12.8 Å². The summed E-state index contributed by atoms with van der Waals surface area (Å²) in [6.45, 7) is 0.338. The molecule has 0 aliphatic heterocycles. The molecule has 1 aliphatic carbocycles. The summed E-state index contributed by atoms with van der Waals surface area (Å²) in [6.07, 6.45) is 1.38. The third kappa shape index (κ3) is 5.48. The van der Waals surface area contributed by atoms with Crippen LogP contribution in [-0.4, -0.2) is 38.0 Å². The van der Waals surface area contributed by atoms with E-state index in [1.165, 1.54) is 0 Å². The smallest absolute Gasteiger partial charge is 0.157 e. The van der Waals surface area contributed by atoms with Gasteiger partial charge in [-0.05, 0) is 30.5 Å². The highest BCUT2D eigenvalue weighted by Gasteiger charge is 2.23. The monoisotopic (exact) mass is 303 g/mol. The van der Waals surface area contributed by atoms with Crippen LogP contribution in [0.15, 0.2) is 24.3 Å². The van der Waals surface area contributed by atoms with Gasteiger partial charge in [0.05, 0.1) is 17.6 Å². The zero-order valence-corrected chi connectivity index (χ0v) is 12.1. The molecule has 6 heteroatoms. The van der Waals surface area contributed by atoms with Crippen molar-refractivity contribution >= 4 is 21.4 Å². The van der Waals surface area contributed by atoms with Crippen LogP contribution in [-0.2, 0) is 15.6 Å². The Bertz CT molecular complexity index is 511. The van der Waals surface area contributed by atoms with Crippen LogP contribution >= 0.6 is 11.6 Å². The predicted molar refractivity (Wildman–Crippen MR) is 76.0 cm³/mol. The standard InChI is InChI=1S/C13H18ClNO3S/c14-11-3-1-10(2-4-11)8-19(17,18)9-13(16)7-15-12-5-6-12/h1-4,12-13,15-16H,5-9H2. The molecule has 0 aromatic heterocycles. The summed E-state index contributed by atoms with van der Waals surface area (Å²) in [5.41, 5.74) is 0.687. The van der Waals surface area contributed by atoms with E-state index in [9.17, 15) is 13.5 Å². The Morgan fingerprint density at radius 1 is 1.32 bits per heavy atom. The van der Waals surface area contributed by atoms with Gasteiger partial charge in [-0.3, -0.25) is 0 Å². The highest BCUT2D eigenvalue weighted by molar-refractivity contribution is 7.90. The summed E-state index contributed by atoms with van der Waals surface area (Å²) < 4.78 is 23.9. The molecular formula is C13H18ClNO3S. The zero-order chi connectivity index (χ0) is 13.9. The van der Waals surface area contributed by atoms with Crippen LogP contribution in [0.25, 0.3) is 0 Å². The molecule has 1 aromatic carbocycles. The first-order valence-electron chi connectivity index (χ1n) is 6.31. The average molecular weight is 304 g/mol. The van der Waals surface area contributed by atoms with Gasteiger partial charge in [-0.25, -0.2) is 8.42 Å². The number of nitrogens with one attached hydrogen (secondary N) is 1. The Balaban J connectivity index is 1.84. The fraction of sp³-hybridized carbons (Fsp3) is 0.538. The second-order valence-electron chi connectivity index (χ2n) is 5.02. The molecule has 4 nitrogen and oxygen atoms in total. The molecule has 1 aliphatic rings. The number of benzene rings is 1. The first kappa shape index (κ1) is 14.8. The topological polar surface area (TPSA) is 66.4 Å². The second kappa shape index (κ2) is 6.22. The van der Waals surface area contributed by atoms with Gasteiger partial charge in [0.25, 0.3) is 0 Å². The SMILES string of the molecule is O=S(=O)(Cc1ccc(Cl)cc1)CC(O)CNC1CC1. The first-order valence-corrected chi connectivity index (χ1v) is 8.51. The van der Waals surface area contributed by atoms with E-state index in [2.05, 4.69) is 5.32 Å². The van der Waals surface area contributed by atoms with Crippen LogP contribution in [0.2, 0.25) is 5.02 Å². The summed E-state index contributed by atoms with van der Waals surface area (Å²) in [4.78, 5) is 0.